The molecular weight excluding hydrogens is 249 g/mol. The highest BCUT2D eigenvalue weighted by Gasteiger charge is 2.19. The molecule has 0 radical (unpaired) electrons. The Labute approximate surface area is 119 Å². The first-order chi connectivity index (χ1) is 9.70. The van der Waals surface area contributed by atoms with Crippen LogP contribution >= 0.6 is 0 Å². The van der Waals surface area contributed by atoms with Crippen molar-refractivity contribution < 1.29 is 4.39 Å². The van der Waals surface area contributed by atoms with Crippen molar-refractivity contribution in [2.45, 2.75) is 38.8 Å². The highest BCUT2D eigenvalue weighted by molar-refractivity contribution is 5.35. The Balaban J connectivity index is 1.75. The fourth-order valence-electron chi connectivity index (χ4n) is 2.44. The maximum absolute atomic E-state index is 13.3. The normalized spacial score (nSPS) is 14.5. The Morgan fingerprint density at radius 1 is 1.10 bits per heavy atom. The summed E-state index contributed by atoms with van der Waals surface area (Å²) in [5.74, 6) is -0.160. The van der Waals surface area contributed by atoms with E-state index in [0.29, 0.717) is 0 Å². The summed E-state index contributed by atoms with van der Waals surface area (Å²) in [6.07, 6.45) is 3.41. The Hall–Kier alpha value is -1.67. The molecule has 0 amide bonds. The average Bonchev–Trinajstić information content (AvgIpc) is 3.24. The van der Waals surface area contributed by atoms with Crippen LogP contribution in [0.15, 0.2) is 42.5 Å². The van der Waals surface area contributed by atoms with Crippen molar-refractivity contribution >= 4 is 0 Å². The van der Waals surface area contributed by atoms with E-state index in [-0.39, 0.29) is 5.82 Å². The topological polar surface area (TPSA) is 12.0 Å². The second kappa shape index (κ2) is 5.76. The van der Waals surface area contributed by atoms with E-state index in [0.717, 1.165) is 24.6 Å². The van der Waals surface area contributed by atoms with Gasteiger partial charge in [-0.25, -0.2) is 4.39 Å². The van der Waals surface area contributed by atoms with Crippen LogP contribution in [0.1, 0.15) is 35.1 Å². The molecule has 1 nitrogen and oxygen atoms in total. The summed E-state index contributed by atoms with van der Waals surface area (Å²) in [6, 6.07) is 14.2. The molecule has 1 aliphatic carbocycles. The summed E-state index contributed by atoms with van der Waals surface area (Å²) in [5.41, 5.74) is 4.89. The maximum Gasteiger partial charge on any atom is 0.123 e. The quantitative estimate of drug-likeness (QED) is 0.866. The van der Waals surface area contributed by atoms with E-state index in [1.807, 2.05) is 6.07 Å². The van der Waals surface area contributed by atoms with Crippen molar-refractivity contribution in [2.24, 2.45) is 0 Å². The molecule has 104 valence electrons. The second-order valence-electron chi connectivity index (χ2n) is 5.72. The van der Waals surface area contributed by atoms with E-state index in [9.17, 15) is 4.39 Å². The van der Waals surface area contributed by atoms with Crippen LogP contribution in [0.5, 0.6) is 0 Å². The summed E-state index contributed by atoms with van der Waals surface area (Å²) in [6.45, 7) is 3.05. The second-order valence-corrected chi connectivity index (χ2v) is 5.72. The van der Waals surface area contributed by atoms with E-state index in [1.165, 1.54) is 35.6 Å². The average molecular weight is 269 g/mol. The highest BCUT2D eigenvalue weighted by atomic mass is 19.1. The van der Waals surface area contributed by atoms with E-state index in [2.05, 4.69) is 30.4 Å². The summed E-state index contributed by atoms with van der Waals surface area (Å²) < 4.78 is 13.3. The molecule has 0 heterocycles. The Bertz CT molecular complexity index is 602. The zero-order valence-electron chi connectivity index (χ0n) is 11.8. The van der Waals surface area contributed by atoms with Crippen LogP contribution in [-0.4, -0.2) is 6.04 Å². The molecule has 20 heavy (non-hydrogen) atoms. The summed E-state index contributed by atoms with van der Waals surface area (Å²) in [7, 11) is 0. The SMILES string of the molecule is Cc1ccc(CNC2CC2)cc1Cc1cccc(F)c1. The molecule has 0 spiro atoms. The third-order valence-electron chi connectivity index (χ3n) is 3.87. The van der Waals surface area contributed by atoms with Gasteiger partial charge in [-0.3, -0.25) is 0 Å². The molecule has 0 aliphatic heterocycles. The van der Waals surface area contributed by atoms with Crippen LogP contribution in [0, 0.1) is 12.7 Å². The van der Waals surface area contributed by atoms with E-state index < -0.39 is 0 Å². The summed E-state index contributed by atoms with van der Waals surface area (Å²) >= 11 is 0. The lowest BCUT2D eigenvalue weighted by Gasteiger charge is -2.10. The van der Waals surface area contributed by atoms with Gasteiger partial charge in [-0.05, 0) is 60.6 Å². The Kier molecular flexibility index (Phi) is 3.83. The van der Waals surface area contributed by atoms with Gasteiger partial charge in [0.1, 0.15) is 5.82 Å². The van der Waals surface area contributed by atoms with Crippen LogP contribution in [0.25, 0.3) is 0 Å². The number of rotatable bonds is 5. The predicted octanol–water partition coefficient (Wildman–Crippen LogP) is 3.98. The number of benzene rings is 2. The zero-order valence-corrected chi connectivity index (χ0v) is 11.8. The summed E-state index contributed by atoms with van der Waals surface area (Å²) in [5, 5.41) is 3.53. The van der Waals surface area contributed by atoms with Gasteiger partial charge in [-0.2, -0.15) is 0 Å². The fraction of sp³-hybridized carbons (Fsp3) is 0.333. The first-order valence-electron chi connectivity index (χ1n) is 7.27. The molecule has 3 rings (SSSR count). The van der Waals surface area contributed by atoms with Gasteiger partial charge in [-0.15, -0.1) is 0 Å². The number of nitrogens with one attached hydrogen (secondary N) is 1. The number of hydrogen-bond donors (Lipinski definition) is 1. The lowest BCUT2D eigenvalue weighted by atomic mass is 9.98. The van der Waals surface area contributed by atoms with Crippen LogP contribution in [0.4, 0.5) is 4.39 Å². The molecule has 1 saturated carbocycles. The number of aryl methyl sites for hydroxylation is 1. The highest BCUT2D eigenvalue weighted by Crippen LogP contribution is 2.21. The molecule has 0 unspecified atom stereocenters. The minimum absolute atomic E-state index is 0.160. The van der Waals surface area contributed by atoms with Gasteiger partial charge >= 0.3 is 0 Å². The molecule has 0 saturated heterocycles. The molecular formula is C18H20FN. The minimum Gasteiger partial charge on any atom is -0.310 e. The van der Waals surface area contributed by atoms with Gasteiger partial charge in [0.2, 0.25) is 0 Å². The molecule has 0 aromatic heterocycles. The van der Waals surface area contributed by atoms with Crippen molar-refractivity contribution in [2.75, 3.05) is 0 Å². The van der Waals surface area contributed by atoms with Gasteiger partial charge in [0.25, 0.3) is 0 Å². The predicted molar refractivity (Wildman–Crippen MR) is 80.2 cm³/mol. The Morgan fingerprint density at radius 2 is 1.95 bits per heavy atom. The molecule has 1 N–H and O–H groups in total. The summed E-state index contributed by atoms with van der Waals surface area (Å²) in [4.78, 5) is 0. The van der Waals surface area contributed by atoms with Crippen molar-refractivity contribution in [3.8, 4) is 0 Å². The number of halogens is 1. The van der Waals surface area contributed by atoms with Gasteiger partial charge in [0.15, 0.2) is 0 Å². The van der Waals surface area contributed by atoms with Crippen LogP contribution in [-0.2, 0) is 13.0 Å². The maximum atomic E-state index is 13.3. The fourth-order valence-corrected chi connectivity index (χ4v) is 2.44. The monoisotopic (exact) mass is 269 g/mol. The molecule has 0 bridgehead atoms. The van der Waals surface area contributed by atoms with Crippen molar-refractivity contribution in [3.63, 3.8) is 0 Å². The van der Waals surface area contributed by atoms with Gasteiger partial charge in [-0.1, -0.05) is 30.3 Å². The van der Waals surface area contributed by atoms with Crippen molar-refractivity contribution in [1.82, 2.24) is 5.32 Å². The van der Waals surface area contributed by atoms with Crippen molar-refractivity contribution in [3.05, 3.63) is 70.5 Å². The third-order valence-corrected chi connectivity index (χ3v) is 3.87. The van der Waals surface area contributed by atoms with Gasteiger partial charge < -0.3 is 5.32 Å². The van der Waals surface area contributed by atoms with Gasteiger partial charge in [0, 0.05) is 12.6 Å². The van der Waals surface area contributed by atoms with Crippen molar-refractivity contribution in [1.29, 1.82) is 0 Å². The third kappa shape index (κ3) is 3.45. The van der Waals surface area contributed by atoms with Crippen LogP contribution in [0.3, 0.4) is 0 Å². The zero-order chi connectivity index (χ0) is 13.9. The van der Waals surface area contributed by atoms with Crippen LogP contribution in [0.2, 0.25) is 0 Å². The minimum atomic E-state index is -0.160. The molecule has 0 atom stereocenters. The molecule has 2 aromatic carbocycles. The number of hydrogen-bond acceptors (Lipinski definition) is 1. The van der Waals surface area contributed by atoms with E-state index in [4.69, 9.17) is 0 Å². The molecule has 2 aromatic rings. The van der Waals surface area contributed by atoms with E-state index >= 15 is 0 Å². The molecule has 1 fully saturated rings. The standard InChI is InChI=1S/C18H20FN/c1-13-5-6-15(12-20-18-7-8-18)10-16(13)9-14-3-2-4-17(19)11-14/h2-6,10-11,18,20H,7-9,12H2,1H3. The lowest BCUT2D eigenvalue weighted by Crippen LogP contribution is -2.15. The first kappa shape index (κ1) is 13.3. The van der Waals surface area contributed by atoms with Gasteiger partial charge in [0.05, 0.1) is 0 Å². The first-order valence-corrected chi connectivity index (χ1v) is 7.27. The smallest absolute Gasteiger partial charge is 0.123 e. The molecule has 1 aliphatic rings. The van der Waals surface area contributed by atoms with Crippen LogP contribution < -0.4 is 5.32 Å². The Morgan fingerprint density at radius 3 is 2.70 bits per heavy atom. The lowest BCUT2D eigenvalue weighted by molar-refractivity contribution is 0.626. The van der Waals surface area contributed by atoms with E-state index in [1.54, 1.807) is 12.1 Å². The largest absolute Gasteiger partial charge is 0.310 e. The molecule has 2 heteroatoms.